The fourth-order valence-corrected chi connectivity index (χ4v) is 3.62. The van der Waals surface area contributed by atoms with E-state index in [9.17, 15) is 10.2 Å². The molecule has 0 radical (unpaired) electrons. The molecular formula is C20H25NO3S. The Morgan fingerprint density at radius 2 is 1.80 bits per heavy atom. The summed E-state index contributed by atoms with van der Waals surface area (Å²) in [5.74, 6) is 1.18. The van der Waals surface area contributed by atoms with Gasteiger partial charge in [0.2, 0.25) is 0 Å². The highest BCUT2D eigenvalue weighted by molar-refractivity contribution is 7.99. The van der Waals surface area contributed by atoms with Gasteiger partial charge in [-0.3, -0.25) is 0 Å². The lowest BCUT2D eigenvalue weighted by atomic mass is 10.1. The number of hydrogen-bond donors (Lipinski definition) is 2. The molecule has 0 saturated carbocycles. The van der Waals surface area contributed by atoms with Crippen molar-refractivity contribution in [2.75, 3.05) is 33.5 Å². The van der Waals surface area contributed by atoms with Gasteiger partial charge in [-0.25, -0.2) is 0 Å². The van der Waals surface area contributed by atoms with E-state index >= 15 is 0 Å². The molecule has 0 amide bonds. The third-order valence-electron chi connectivity index (χ3n) is 3.73. The molecule has 0 heterocycles. The lowest BCUT2D eigenvalue weighted by Gasteiger charge is -2.18. The molecule has 0 fully saturated rings. The van der Waals surface area contributed by atoms with Gasteiger partial charge >= 0.3 is 0 Å². The van der Waals surface area contributed by atoms with Crippen LogP contribution in [0.25, 0.3) is 6.08 Å². The van der Waals surface area contributed by atoms with Crippen LogP contribution in [0.15, 0.2) is 48.5 Å². The first-order valence-corrected chi connectivity index (χ1v) is 9.15. The number of rotatable bonds is 8. The standard InChI is InChI=1S/C20H25NO3S/c1-21(2)11-12-25-20(10-9-15-7-5-4-6-8-15)16-13-17(22)18(23)14-19(16)24-3/h4-10,13-14,20,22-23H,11-12H2,1-3H3/b10-9+. The molecule has 5 heteroatoms. The highest BCUT2D eigenvalue weighted by Gasteiger charge is 2.17. The number of phenols is 2. The molecule has 2 N–H and O–H groups in total. The van der Waals surface area contributed by atoms with Crippen molar-refractivity contribution in [3.63, 3.8) is 0 Å². The third-order valence-corrected chi connectivity index (χ3v) is 4.92. The van der Waals surface area contributed by atoms with Crippen LogP contribution in [-0.4, -0.2) is 48.6 Å². The van der Waals surface area contributed by atoms with Crippen molar-refractivity contribution in [1.29, 1.82) is 0 Å². The molecule has 0 spiro atoms. The summed E-state index contributed by atoms with van der Waals surface area (Å²) in [6.07, 6.45) is 4.17. The zero-order valence-electron chi connectivity index (χ0n) is 14.8. The number of thioether (sulfide) groups is 1. The van der Waals surface area contributed by atoms with E-state index in [1.54, 1.807) is 24.9 Å². The van der Waals surface area contributed by atoms with E-state index in [4.69, 9.17) is 4.74 Å². The minimum Gasteiger partial charge on any atom is -0.504 e. The van der Waals surface area contributed by atoms with Gasteiger partial charge in [-0.1, -0.05) is 42.5 Å². The van der Waals surface area contributed by atoms with Crippen molar-refractivity contribution < 1.29 is 14.9 Å². The van der Waals surface area contributed by atoms with Crippen LogP contribution in [0.2, 0.25) is 0 Å². The summed E-state index contributed by atoms with van der Waals surface area (Å²) in [7, 11) is 5.66. The first-order valence-electron chi connectivity index (χ1n) is 8.10. The average molecular weight is 359 g/mol. The predicted molar refractivity (Wildman–Crippen MR) is 106 cm³/mol. The third kappa shape index (κ3) is 5.73. The van der Waals surface area contributed by atoms with E-state index in [0.717, 1.165) is 23.4 Å². The average Bonchev–Trinajstić information content (AvgIpc) is 2.60. The molecule has 0 aromatic heterocycles. The van der Waals surface area contributed by atoms with Crippen molar-refractivity contribution >= 4 is 17.8 Å². The van der Waals surface area contributed by atoms with Gasteiger partial charge < -0.3 is 19.8 Å². The summed E-state index contributed by atoms with van der Waals surface area (Å²) in [4.78, 5) is 2.14. The van der Waals surface area contributed by atoms with Crippen molar-refractivity contribution in [1.82, 2.24) is 4.90 Å². The SMILES string of the molecule is COc1cc(O)c(O)cc1C(/C=C/c1ccccc1)SCCN(C)C. The molecule has 0 saturated heterocycles. The largest absolute Gasteiger partial charge is 0.504 e. The zero-order valence-corrected chi connectivity index (χ0v) is 15.7. The van der Waals surface area contributed by atoms with Gasteiger partial charge in [0.1, 0.15) is 5.75 Å². The maximum Gasteiger partial charge on any atom is 0.161 e. The number of methoxy groups -OCH3 is 1. The Balaban J connectivity index is 2.30. The molecule has 0 aliphatic carbocycles. The Bertz CT molecular complexity index is 702. The Kier molecular flexibility index (Phi) is 7.22. The summed E-state index contributed by atoms with van der Waals surface area (Å²) in [6, 6.07) is 13.1. The van der Waals surface area contributed by atoms with Crippen LogP contribution >= 0.6 is 11.8 Å². The molecule has 2 aromatic carbocycles. The first-order chi connectivity index (χ1) is 12.0. The number of phenolic OH excluding ortho intramolecular Hbond substituents is 2. The van der Waals surface area contributed by atoms with Crippen LogP contribution in [0.4, 0.5) is 0 Å². The zero-order chi connectivity index (χ0) is 18.2. The highest BCUT2D eigenvalue weighted by atomic mass is 32.2. The second-order valence-corrected chi connectivity index (χ2v) is 7.20. The monoisotopic (exact) mass is 359 g/mol. The number of benzene rings is 2. The van der Waals surface area contributed by atoms with E-state index in [1.807, 2.05) is 44.4 Å². The lowest BCUT2D eigenvalue weighted by molar-refractivity contribution is 0.383. The van der Waals surface area contributed by atoms with Crippen LogP contribution in [-0.2, 0) is 0 Å². The second-order valence-electron chi connectivity index (χ2n) is 5.95. The van der Waals surface area contributed by atoms with Gasteiger partial charge in [0.25, 0.3) is 0 Å². The van der Waals surface area contributed by atoms with Crippen molar-refractivity contribution in [3.05, 3.63) is 59.7 Å². The minimum atomic E-state index is -0.176. The molecule has 134 valence electrons. The van der Waals surface area contributed by atoms with E-state index in [1.165, 1.54) is 6.07 Å². The summed E-state index contributed by atoms with van der Waals surface area (Å²) in [5.41, 5.74) is 1.96. The van der Waals surface area contributed by atoms with E-state index in [2.05, 4.69) is 17.1 Å². The Morgan fingerprint density at radius 1 is 1.12 bits per heavy atom. The van der Waals surface area contributed by atoms with Crippen LogP contribution in [0.1, 0.15) is 16.4 Å². The van der Waals surface area contributed by atoms with Gasteiger partial charge in [-0.15, -0.1) is 11.8 Å². The minimum absolute atomic E-state index is 0.00149. The number of ether oxygens (including phenoxy) is 1. The summed E-state index contributed by atoms with van der Waals surface area (Å²) >= 11 is 1.77. The smallest absolute Gasteiger partial charge is 0.161 e. The fraction of sp³-hybridized carbons (Fsp3) is 0.300. The van der Waals surface area contributed by atoms with Gasteiger partial charge in [0.15, 0.2) is 11.5 Å². The summed E-state index contributed by atoms with van der Waals surface area (Å²) in [5, 5.41) is 19.7. The molecule has 25 heavy (non-hydrogen) atoms. The number of aromatic hydroxyl groups is 2. The molecule has 0 bridgehead atoms. The van der Waals surface area contributed by atoms with E-state index in [0.29, 0.717) is 5.75 Å². The Morgan fingerprint density at radius 3 is 2.44 bits per heavy atom. The molecule has 1 unspecified atom stereocenters. The van der Waals surface area contributed by atoms with Crippen LogP contribution in [0.3, 0.4) is 0 Å². The molecule has 0 aliphatic heterocycles. The normalized spacial score (nSPS) is 12.6. The predicted octanol–water partition coefficient (Wildman–Crippen LogP) is 4.16. The van der Waals surface area contributed by atoms with Gasteiger partial charge in [-0.05, 0) is 25.7 Å². The molecular weight excluding hydrogens is 334 g/mol. The van der Waals surface area contributed by atoms with Crippen LogP contribution in [0, 0.1) is 0 Å². The first kappa shape index (κ1) is 19.2. The Hall–Kier alpha value is -2.11. The quantitative estimate of drug-likeness (QED) is 0.693. The van der Waals surface area contributed by atoms with Gasteiger partial charge in [0.05, 0.1) is 12.4 Å². The van der Waals surface area contributed by atoms with Crippen LogP contribution < -0.4 is 4.74 Å². The van der Waals surface area contributed by atoms with Crippen molar-refractivity contribution in [2.45, 2.75) is 5.25 Å². The maximum atomic E-state index is 9.92. The van der Waals surface area contributed by atoms with E-state index in [-0.39, 0.29) is 16.7 Å². The van der Waals surface area contributed by atoms with Gasteiger partial charge in [0, 0.05) is 23.9 Å². The molecule has 1 atom stereocenters. The Labute approximate surface area is 153 Å². The highest BCUT2D eigenvalue weighted by Crippen LogP contribution is 2.42. The summed E-state index contributed by atoms with van der Waals surface area (Å²) in [6.45, 7) is 0.951. The van der Waals surface area contributed by atoms with E-state index < -0.39 is 0 Å². The molecule has 2 aromatic rings. The topological polar surface area (TPSA) is 52.9 Å². The molecule has 2 rings (SSSR count). The number of hydrogen-bond acceptors (Lipinski definition) is 5. The number of nitrogens with zero attached hydrogens (tertiary/aromatic N) is 1. The molecule has 4 nitrogen and oxygen atoms in total. The van der Waals surface area contributed by atoms with Crippen molar-refractivity contribution in [3.8, 4) is 17.2 Å². The second kappa shape index (κ2) is 9.39. The maximum absolute atomic E-state index is 9.92. The lowest BCUT2D eigenvalue weighted by Crippen LogP contribution is -2.15. The fourth-order valence-electron chi connectivity index (χ4n) is 2.35. The summed E-state index contributed by atoms with van der Waals surface area (Å²) < 4.78 is 5.41. The van der Waals surface area contributed by atoms with Crippen molar-refractivity contribution in [2.24, 2.45) is 0 Å². The molecule has 0 aliphatic rings. The van der Waals surface area contributed by atoms with Crippen LogP contribution in [0.5, 0.6) is 17.2 Å². The van der Waals surface area contributed by atoms with Gasteiger partial charge in [-0.2, -0.15) is 0 Å².